The standard InChI is InChI=1S/C17H22N4O3/c1-4-24-14-7-5-13(6-8-14)21-17(22)15-11-16(18-9-10-23-3)20-12(2)19-15/h5-8,11H,4,9-10H2,1-3H3,(H,21,22)(H,18,19,20). The van der Waals surface area contributed by atoms with Crippen molar-refractivity contribution in [3.63, 3.8) is 0 Å². The summed E-state index contributed by atoms with van der Waals surface area (Å²) in [5.41, 5.74) is 0.977. The van der Waals surface area contributed by atoms with E-state index in [1.807, 2.05) is 19.1 Å². The number of aryl methyl sites for hydroxylation is 1. The van der Waals surface area contributed by atoms with Gasteiger partial charge in [0.1, 0.15) is 23.1 Å². The van der Waals surface area contributed by atoms with Crippen LogP contribution < -0.4 is 15.4 Å². The van der Waals surface area contributed by atoms with E-state index in [9.17, 15) is 4.79 Å². The van der Waals surface area contributed by atoms with Gasteiger partial charge in [0.15, 0.2) is 0 Å². The number of nitrogens with one attached hydrogen (secondary N) is 2. The molecule has 0 atom stereocenters. The number of carbonyl (C=O) groups excluding carboxylic acids is 1. The SMILES string of the molecule is CCOc1ccc(NC(=O)c2cc(NCCOC)nc(C)n2)cc1. The minimum atomic E-state index is -0.292. The normalized spacial score (nSPS) is 10.3. The lowest BCUT2D eigenvalue weighted by atomic mass is 10.3. The van der Waals surface area contributed by atoms with E-state index in [0.717, 1.165) is 5.75 Å². The number of hydrogen-bond donors (Lipinski definition) is 2. The van der Waals surface area contributed by atoms with Gasteiger partial charge in [-0.05, 0) is 38.1 Å². The third-order valence-electron chi connectivity index (χ3n) is 3.11. The van der Waals surface area contributed by atoms with Crippen LogP contribution >= 0.6 is 0 Å². The zero-order valence-corrected chi connectivity index (χ0v) is 14.1. The van der Waals surface area contributed by atoms with Crippen molar-refractivity contribution in [3.8, 4) is 5.75 Å². The van der Waals surface area contributed by atoms with E-state index in [1.165, 1.54) is 0 Å². The first-order valence-electron chi connectivity index (χ1n) is 7.75. The Balaban J connectivity index is 2.05. The second kappa shape index (κ2) is 8.83. The fraction of sp³-hybridized carbons (Fsp3) is 0.353. The molecular weight excluding hydrogens is 308 g/mol. The second-order valence-corrected chi connectivity index (χ2v) is 5.02. The molecule has 24 heavy (non-hydrogen) atoms. The zero-order chi connectivity index (χ0) is 17.4. The highest BCUT2D eigenvalue weighted by Gasteiger charge is 2.11. The van der Waals surface area contributed by atoms with Crippen LogP contribution in [0.1, 0.15) is 23.2 Å². The Morgan fingerprint density at radius 1 is 1.21 bits per heavy atom. The van der Waals surface area contributed by atoms with Crippen LogP contribution in [0.25, 0.3) is 0 Å². The molecule has 7 heteroatoms. The van der Waals surface area contributed by atoms with Gasteiger partial charge in [0.2, 0.25) is 0 Å². The van der Waals surface area contributed by atoms with Gasteiger partial charge in [-0.15, -0.1) is 0 Å². The number of methoxy groups -OCH3 is 1. The summed E-state index contributed by atoms with van der Waals surface area (Å²) in [6.07, 6.45) is 0. The minimum Gasteiger partial charge on any atom is -0.494 e. The molecule has 1 aromatic carbocycles. The summed E-state index contributed by atoms with van der Waals surface area (Å²) >= 11 is 0. The number of benzene rings is 1. The summed E-state index contributed by atoms with van der Waals surface area (Å²) in [6.45, 7) is 5.43. The molecule has 2 rings (SSSR count). The molecule has 0 aliphatic heterocycles. The molecule has 0 spiro atoms. The van der Waals surface area contributed by atoms with Gasteiger partial charge in [0.25, 0.3) is 5.91 Å². The lowest BCUT2D eigenvalue weighted by Crippen LogP contribution is -2.16. The van der Waals surface area contributed by atoms with Gasteiger partial charge in [-0.25, -0.2) is 9.97 Å². The molecule has 1 amide bonds. The highest BCUT2D eigenvalue weighted by Crippen LogP contribution is 2.16. The van der Waals surface area contributed by atoms with Gasteiger partial charge in [0.05, 0.1) is 13.2 Å². The maximum Gasteiger partial charge on any atom is 0.274 e. The average Bonchev–Trinajstić information content (AvgIpc) is 2.56. The van der Waals surface area contributed by atoms with Crippen LogP contribution in [0, 0.1) is 6.92 Å². The van der Waals surface area contributed by atoms with Crippen molar-refractivity contribution in [3.05, 3.63) is 41.9 Å². The van der Waals surface area contributed by atoms with Crippen molar-refractivity contribution in [2.24, 2.45) is 0 Å². The molecule has 1 heterocycles. The molecule has 2 aromatic rings. The molecule has 0 aliphatic rings. The van der Waals surface area contributed by atoms with Crippen LogP contribution in [0.3, 0.4) is 0 Å². The first-order chi connectivity index (χ1) is 11.6. The number of anilines is 2. The van der Waals surface area contributed by atoms with E-state index in [2.05, 4.69) is 20.6 Å². The van der Waals surface area contributed by atoms with Crippen molar-refractivity contribution in [1.82, 2.24) is 9.97 Å². The monoisotopic (exact) mass is 330 g/mol. The van der Waals surface area contributed by atoms with E-state index in [-0.39, 0.29) is 5.91 Å². The smallest absolute Gasteiger partial charge is 0.274 e. The van der Waals surface area contributed by atoms with Gasteiger partial charge < -0.3 is 20.1 Å². The van der Waals surface area contributed by atoms with Crippen LogP contribution in [0.5, 0.6) is 5.75 Å². The minimum absolute atomic E-state index is 0.292. The van der Waals surface area contributed by atoms with E-state index >= 15 is 0 Å². The van der Waals surface area contributed by atoms with Gasteiger partial charge >= 0.3 is 0 Å². The first-order valence-corrected chi connectivity index (χ1v) is 7.75. The van der Waals surface area contributed by atoms with Crippen LogP contribution in [0.15, 0.2) is 30.3 Å². The topological polar surface area (TPSA) is 85.4 Å². The second-order valence-electron chi connectivity index (χ2n) is 5.02. The Morgan fingerprint density at radius 2 is 1.96 bits per heavy atom. The Labute approximate surface area is 141 Å². The molecule has 2 N–H and O–H groups in total. The first kappa shape index (κ1) is 17.7. The Hall–Kier alpha value is -2.67. The molecule has 0 saturated carbocycles. The number of ether oxygens (including phenoxy) is 2. The summed E-state index contributed by atoms with van der Waals surface area (Å²) < 4.78 is 10.4. The predicted octanol–water partition coefficient (Wildman–Crippen LogP) is 2.49. The number of hydrogen-bond acceptors (Lipinski definition) is 6. The average molecular weight is 330 g/mol. The summed E-state index contributed by atoms with van der Waals surface area (Å²) in [6, 6.07) is 8.81. The molecule has 128 valence electrons. The van der Waals surface area contributed by atoms with Crippen molar-refractivity contribution in [2.45, 2.75) is 13.8 Å². The fourth-order valence-electron chi connectivity index (χ4n) is 2.05. The van der Waals surface area contributed by atoms with E-state index in [0.29, 0.717) is 42.8 Å². The molecule has 0 unspecified atom stereocenters. The molecule has 1 aromatic heterocycles. The molecule has 0 saturated heterocycles. The molecule has 0 bridgehead atoms. The predicted molar refractivity (Wildman–Crippen MR) is 92.7 cm³/mol. The number of amides is 1. The third-order valence-corrected chi connectivity index (χ3v) is 3.11. The van der Waals surface area contributed by atoms with Crippen LogP contribution in [-0.2, 0) is 4.74 Å². The van der Waals surface area contributed by atoms with E-state index in [1.54, 1.807) is 32.2 Å². The number of carbonyl (C=O) groups is 1. The van der Waals surface area contributed by atoms with Gasteiger partial charge in [-0.1, -0.05) is 0 Å². The van der Waals surface area contributed by atoms with Crippen LogP contribution in [0.2, 0.25) is 0 Å². The number of aromatic nitrogens is 2. The van der Waals surface area contributed by atoms with Crippen molar-refractivity contribution >= 4 is 17.4 Å². The molecular formula is C17H22N4O3. The van der Waals surface area contributed by atoms with Crippen LogP contribution in [0.4, 0.5) is 11.5 Å². The van der Waals surface area contributed by atoms with Crippen LogP contribution in [-0.4, -0.2) is 42.7 Å². The largest absolute Gasteiger partial charge is 0.494 e. The molecule has 0 radical (unpaired) electrons. The highest BCUT2D eigenvalue weighted by molar-refractivity contribution is 6.03. The van der Waals surface area contributed by atoms with Gasteiger partial charge in [-0.3, -0.25) is 4.79 Å². The molecule has 7 nitrogen and oxygen atoms in total. The van der Waals surface area contributed by atoms with Gasteiger partial charge in [0, 0.05) is 25.4 Å². The fourth-order valence-corrected chi connectivity index (χ4v) is 2.05. The lowest BCUT2D eigenvalue weighted by Gasteiger charge is -2.09. The number of nitrogens with zero attached hydrogens (tertiary/aromatic N) is 2. The van der Waals surface area contributed by atoms with Crippen molar-refractivity contribution in [2.75, 3.05) is 37.5 Å². The van der Waals surface area contributed by atoms with Crippen molar-refractivity contribution in [1.29, 1.82) is 0 Å². The Kier molecular flexibility index (Phi) is 6.51. The molecule has 0 aliphatic carbocycles. The zero-order valence-electron chi connectivity index (χ0n) is 14.1. The lowest BCUT2D eigenvalue weighted by molar-refractivity contribution is 0.102. The van der Waals surface area contributed by atoms with E-state index < -0.39 is 0 Å². The third kappa shape index (κ3) is 5.20. The maximum absolute atomic E-state index is 12.4. The quantitative estimate of drug-likeness (QED) is 0.723. The summed E-state index contributed by atoms with van der Waals surface area (Å²) in [7, 11) is 1.63. The summed E-state index contributed by atoms with van der Waals surface area (Å²) in [4.78, 5) is 20.8. The van der Waals surface area contributed by atoms with Gasteiger partial charge in [-0.2, -0.15) is 0 Å². The maximum atomic E-state index is 12.4. The summed E-state index contributed by atoms with van der Waals surface area (Å²) in [5.74, 6) is 1.59. The summed E-state index contributed by atoms with van der Waals surface area (Å²) in [5, 5.41) is 5.91. The Bertz CT molecular complexity index is 674. The van der Waals surface area contributed by atoms with E-state index in [4.69, 9.17) is 9.47 Å². The Morgan fingerprint density at radius 3 is 2.62 bits per heavy atom. The molecule has 0 fully saturated rings. The highest BCUT2D eigenvalue weighted by atomic mass is 16.5. The number of rotatable bonds is 8. The van der Waals surface area contributed by atoms with Crippen molar-refractivity contribution < 1.29 is 14.3 Å².